The zero-order chi connectivity index (χ0) is 18.8. The lowest BCUT2D eigenvalue weighted by Gasteiger charge is -2.10. The highest BCUT2D eigenvalue weighted by Crippen LogP contribution is 2.27. The topological polar surface area (TPSA) is 68.8 Å². The first-order chi connectivity index (χ1) is 12.7. The number of carbonyl (C=O) groups excluding carboxylic acids is 1. The first-order valence-corrected chi connectivity index (χ1v) is 8.47. The first-order valence-electron chi connectivity index (χ1n) is 8.47. The molecular formula is C20H26N2O4. The van der Waals surface area contributed by atoms with Gasteiger partial charge < -0.3 is 24.8 Å². The van der Waals surface area contributed by atoms with E-state index in [1.807, 2.05) is 42.5 Å². The third kappa shape index (κ3) is 5.97. The van der Waals surface area contributed by atoms with Crippen LogP contribution >= 0.6 is 0 Å². The molecule has 0 aromatic heterocycles. The highest BCUT2D eigenvalue weighted by molar-refractivity contribution is 5.77. The molecule has 140 valence electrons. The van der Waals surface area contributed by atoms with Crippen LogP contribution in [0.25, 0.3) is 0 Å². The molecule has 0 aliphatic carbocycles. The summed E-state index contributed by atoms with van der Waals surface area (Å²) < 4.78 is 15.7. The van der Waals surface area contributed by atoms with Gasteiger partial charge in [-0.15, -0.1) is 0 Å². The normalized spacial score (nSPS) is 10.3. The van der Waals surface area contributed by atoms with Crippen molar-refractivity contribution in [3.63, 3.8) is 0 Å². The van der Waals surface area contributed by atoms with Crippen molar-refractivity contribution in [2.45, 2.75) is 13.0 Å². The molecule has 0 saturated heterocycles. The van der Waals surface area contributed by atoms with Crippen molar-refractivity contribution in [1.29, 1.82) is 0 Å². The molecule has 0 fully saturated rings. The van der Waals surface area contributed by atoms with Gasteiger partial charge >= 0.3 is 0 Å². The molecule has 2 rings (SSSR count). The molecule has 0 spiro atoms. The fourth-order valence-electron chi connectivity index (χ4n) is 2.55. The standard InChI is InChI=1S/C20H26N2O4/c1-24-17-6-4-5-15(11-17)9-10-22-20(23)14-21-13-16-7-8-18(25-2)19(12-16)26-3/h4-8,11-12,21H,9-10,13-14H2,1-3H3,(H,22,23). The summed E-state index contributed by atoms with van der Waals surface area (Å²) >= 11 is 0. The molecule has 2 aromatic carbocycles. The summed E-state index contributed by atoms with van der Waals surface area (Å²) in [4.78, 5) is 11.9. The van der Waals surface area contributed by atoms with Crippen molar-refractivity contribution in [1.82, 2.24) is 10.6 Å². The number of ether oxygens (including phenoxy) is 3. The van der Waals surface area contributed by atoms with Gasteiger partial charge in [0.25, 0.3) is 0 Å². The Kier molecular flexibility index (Phi) is 7.76. The molecule has 26 heavy (non-hydrogen) atoms. The molecule has 0 bridgehead atoms. The Morgan fingerprint density at radius 3 is 2.46 bits per heavy atom. The van der Waals surface area contributed by atoms with Crippen LogP contribution in [0.4, 0.5) is 0 Å². The van der Waals surface area contributed by atoms with Crippen LogP contribution in [0.3, 0.4) is 0 Å². The summed E-state index contributed by atoms with van der Waals surface area (Å²) in [5.41, 5.74) is 2.15. The Labute approximate surface area is 154 Å². The van der Waals surface area contributed by atoms with E-state index < -0.39 is 0 Å². The number of hydrogen-bond acceptors (Lipinski definition) is 5. The molecule has 2 aromatic rings. The van der Waals surface area contributed by atoms with Gasteiger partial charge in [0.05, 0.1) is 27.9 Å². The average Bonchev–Trinajstić information content (AvgIpc) is 2.68. The number of amides is 1. The number of nitrogens with one attached hydrogen (secondary N) is 2. The molecular weight excluding hydrogens is 332 g/mol. The van der Waals surface area contributed by atoms with E-state index in [9.17, 15) is 4.79 Å². The van der Waals surface area contributed by atoms with Gasteiger partial charge in [0.1, 0.15) is 5.75 Å². The summed E-state index contributed by atoms with van der Waals surface area (Å²) in [6.07, 6.45) is 0.763. The summed E-state index contributed by atoms with van der Waals surface area (Å²) in [6.45, 7) is 1.42. The van der Waals surface area contributed by atoms with Crippen LogP contribution in [0.1, 0.15) is 11.1 Å². The lowest BCUT2D eigenvalue weighted by atomic mass is 10.1. The predicted octanol–water partition coefficient (Wildman–Crippen LogP) is 2.16. The minimum absolute atomic E-state index is 0.0339. The fourth-order valence-corrected chi connectivity index (χ4v) is 2.55. The second kappa shape index (κ2) is 10.3. The lowest BCUT2D eigenvalue weighted by molar-refractivity contribution is -0.120. The second-order valence-corrected chi connectivity index (χ2v) is 5.74. The van der Waals surface area contributed by atoms with Gasteiger partial charge in [-0.1, -0.05) is 18.2 Å². The molecule has 0 unspecified atom stereocenters. The van der Waals surface area contributed by atoms with Crippen molar-refractivity contribution in [2.24, 2.45) is 0 Å². The van der Waals surface area contributed by atoms with Crippen LogP contribution in [0.2, 0.25) is 0 Å². The van der Waals surface area contributed by atoms with Crippen molar-refractivity contribution in [2.75, 3.05) is 34.4 Å². The van der Waals surface area contributed by atoms with Gasteiger partial charge in [0.15, 0.2) is 11.5 Å². The highest BCUT2D eigenvalue weighted by atomic mass is 16.5. The quantitative estimate of drug-likeness (QED) is 0.681. The maximum absolute atomic E-state index is 11.9. The van der Waals surface area contributed by atoms with Crippen molar-refractivity contribution in [3.8, 4) is 17.2 Å². The third-order valence-corrected chi connectivity index (χ3v) is 3.93. The minimum Gasteiger partial charge on any atom is -0.497 e. The summed E-state index contributed by atoms with van der Waals surface area (Å²) in [5.74, 6) is 2.15. The van der Waals surface area contributed by atoms with Crippen LogP contribution in [0.5, 0.6) is 17.2 Å². The van der Waals surface area contributed by atoms with E-state index in [2.05, 4.69) is 10.6 Å². The van der Waals surface area contributed by atoms with Crippen molar-refractivity contribution in [3.05, 3.63) is 53.6 Å². The fraction of sp³-hybridized carbons (Fsp3) is 0.350. The van der Waals surface area contributed by atoms with E-state index >= 15 is 0 Å². The van der Waals surface area contributed by atoms with Gasteiger partial charge in [0, 0.05) is 13.1 Å². The van der Waals surface area contributed by atoms with E-state index in [4.69, 9.17) is 14.2 Å². The molecule has 0 radical (unpaired) electrons. The van der Waals surface area contributed by atoms with Crippen molar-refractivity contribution >= 4 is 5.91 Å². The lowest BCUT2D eigenvalue weighted by Crippen LogP contribution is -2.34. The number of methoxy groups -OCH3 is 3. The zero-order valence-corrected chi connectivity index (χ0v) is 15.5. The molecule has 0 aliphatic heterocycles. The Hall–Kier alpha value is -2.73. The molecule has 0 atom stereocenters. The number of hydrogen-bond donors (Lipinski definition) is 2. The van der Waals surface area contributed by atoms with Crippen LogP contribution in [0, 0.1) is 0 Å². The molecule has 6 heteroatoms. The van der Waals surface area contributed by atoms with Gasteiger partial charge in [0.2, 0.25) is 5.91 Å². The van der Waals surface area contributed by atoms with E-state index in [1.54, 1.807) is 21.3 Å². The molecule has 6 nitrogen and oxygen atoms in total. The van der Waals surface area contributed by atoms with Gasteiger partial charge in [-0.25, -0.2) is 0 Å². The zero-order valence-electron chi connectivity index (χ0n) is 15.5. The average molecular weight is 358 g/mol. The van der Waals surface area contributed by atoms with E-state index in [-0.39, 0.29) is 12.5 Å². The van der Waals surface area contributed by atoms with Crippen LogP contribution < -0.4 is 24.8 Å². The van der Waals surface area contributed by atoms with Crippen LogP contribution in [-0.2, 0) is 17.8 Å². The van der Waals surface area contributed by atoms with E-state index in [1.165, 1.54) is 0 Å². The monoisotopic (exact) mass is 358 g/mol. The molecule has 1 amide bonds. The minimum atomic E-state index is -0.0339. The predicted molar refractivity (Wildman–Crippen MR) is 101 cm³/mol. The Morgan fingerprint density at radius 1 is 0.923 bits per heavy atom. The summed E-state index contributed by atoms with van der Waals surface area (Å²) in [6, 6.07) is 13.5. The molecule has 2 N–H and O–H groups in total. The highest BCUT2D eigenvalue weighted by Gasteiger charge is 2.05. The smallest absolute Gasteiger partial charge is 0.233 e. The Bertz CT molecular complexity index is 719. The second-order valence-electron chi connectivity index (χ2n) is 5.74. The Morgan fingerprint density at radius 2 is 1.73 bits per heavy atom. The number of benzene rings is 2. The SMILES string of the molecule is COc1cccc(CCNC(=O)CNCc2ccc(OC)c(OC)c2)c1. The van der Waals surface area contributed by atoms with Crippen molar-refractivity contribution < 1.29 is 19.0 Å². The van der Waals surface area contributed by atoms with Gasteiger partial charge in [-0.2, -0.15) is 0 Å². The molecule has 0 heterocycles. The maximum atomic E-state index is 11.9. The van der Waals surface area contributed by atoms with E-state index in [0.717, 1.165) is 23.3 Å². The van der Waals surface area contributed by atoms with Crippen LogP contribution in [-0.4, -0.2) is 40.3 Å². The summed E-state index contributed by atoms with van der Waals surface area (Å²) in [5, 5.41) is 6.04. The molecule has 0 aliphatic rings. The third-order valence-electron chi connectivity index (χ3n) is 3.93. The Balaban J connectivity index is 1.70. The van der Waals surface area contributed by atoms with E-state index in [0.29, 0.717) is 24.6 Å². The van der Waals surface area contributed by atoms with Gasteiger partial charge in [-0.3, -0.25) is 4.79 Å². The largest absolute Gasteiger partial charge is 0.497 e. The summed E-state index contributed by atoms with van der Waals surface area (Å²) in [7, 11) is 4.85. The van der Waals surface area contributed by atoms with Crippen LogP contribution in [0.15, 0.2) is 42.5 Å². The van der Waals surface area contributed by atoms with Gasteiger partial charge in [-0.05, 0) is 41.8 Å². The number of rotatable bonds is 10. The first kappa shape index (κ1) is 19.6. The maximum Gasteiger partial charge on any atom is 0.233 e. The number of carbonyl (C=O) groups is 1. The molecule has 0 saturated carbocycles.